The maximum Gasteiger partial charge on any atom is 0.251 e. The molecule has 1 aromatic carbocycles. The van der Waals surface area contributed by atoms with Gasteiger partial charge in [-0.3, -0.25) is 4.79 Å². The van der Waals surface area contributed by atoms with Gasteiger partial charge in [0.25, 0.3) is 5.91 Å². The smallest absolute Gasteiger partial charge is 0.251 e. The Morgan fingerprint density at radius 2 is 1.78 bits per heavy atom. The summed E-state index contributed by atoms with van der Waals surface area (Å²) >= 11 is 0. The molecule has 1 heterocycles. The fraction of sp³-hybridized carbons (Fsp3) is 0.500. The molecule has 0 saturated heterocycles. The van der Waals surface area contributed by atoms with Crippen LogP contribution in [-0.4, -0.2) is 43.3 Å². The Kier molecular flexibility index (Phi) is 7.10. The molecule has 2 aliphatic carbocycles. The molecule has 2 aliphatic rings. The monoisotopic (exact) mass is 457 g/mol. The maximum absolute atomic E-state index is 12.9. The van der Waals surface area contributed by atoms with Crippen molar-refractivity contribution >= 4 is 15.9 Å². The second-order valence-corrected chi connectivity index (χ2v) is 10.8. The van der Waals surface area contributed by atoms with Gasteiger partial charge in [-0.2, -0.15) is 4.31 Å². The number of hydrogen-bond donors (Lipinski definition) is 1. The van der Waals surface area contributed by atoms with E-state index < -0.39 is 10.0 Å². The number of rotatable bonds is 9. The Labute approximate surface area is 190 Å². The first-order valence-corrected chi connectivity index (χ1v) is 12.8. The molecule has 1 aromatic heterocycles. The number of ether oxygens (including phenoxy) is 1. The molecule has 0 radical (unpaired) electrons. The summed E-state index contributed by atoms with van der Waals surface area (Å²) in [5.74, 6) is 1.01. The molecule has 0 spiro atoms. The lowest BCUT2D eigenvalue weighted by molar-refractivity contribution is 0.0950. The van der Waals surface area contributed by atoms with Crippen molar-refractivity contribution in [3.8, 4) is 5.88 Å². The summed E-state index contributed by atoms with van der Waals surface area (Å²) in [4.78, 5) is 17.0. The Morgan fingerprint density at radius 3 is 2.41 bits per heavy atom. The summed E-state index contributed by atoms with van der Waals surface area (Å²) < 4.78 is 33.0. The van der Waals surface area contributed by atoms with Gasteiger partial charge < -0.3 is 10.1 Å². The number of nitrogens with zero attached hydrogens (tertiary/aromatic N) is 2. The number of pyridine rings is 1. The maximum atomic E-state index is 12.9. The van der Waals surface area contributed by atoms with Crippen molar-refractivity contribution in [3.05, 3.63) is 53.7 Å². The lowest BCUT2D eigenvalue weighted by Crippen LogP contribution is -2.38. The summed E-state index contributed by atoms with van der Waals surface area (Å²) in [6.07, 6.45) is 9.26. The van der Waals surface area contributed by atoms with Gasteiger partial charge in [-0.1, -0.05) is 25.3 Å². The average molecular weight is 458 g/mol. The van der Waals surface area contributed by atoms with Crippen LogP contribution in [0.4, 0.5) is 0 Å². The quantitative estimate of drug-likeness (QED) is 0.619. The predicted molar refractivity (Wildman–Crippen MR) is 122 cm³/mol. The lowest BCUT2D eigenvalue weighted by Gasteiger charge is -2.30. The van der Waals surface area contributed by atoms with E-state index in [4.69, 9.17) is 4.74 Å². The first-order valence-electron chi connectivity index (χ1n) is 11.4. The predicted octanol–water partition coefficient (Wildman–Crippen LogP) is 3.75. The van der Waals surface area contributed by atoms with E-state index in [0.717, 1.165) is 31.2 Å². The van der Waals surface area contributed by atoms with E-state index >= 15 is 0 Å². The van der Waals surface area contributed by atoms with Crippen LogP contribution in [-0.2, 0) is 16.6 Å². The van der Waals surface area contributed by atoms with E-state index in [2.05, 4.69) is 10.3 Å². The third-order valence-corrected chi connectivity index (χ3v) is 8.22. The molecule has 2 fully saturated rings. The van der Waals surface area contributed by atoms with Gasteiger partial charge in [0.05, 0.1) is 11.5 Å². The molecule has 0 bridgehead atoms. The van der Waals surface area contributed by atoms with Crippen LogP contribution in [0.1, 0.15) is 60.9 Å². The Hall–Kier alpha value is -2.45. The van der Waals surface area contributed by atoms with Gasteiger partial charge in [-0.15, -0.1) is 0 Å². The molecule has 2 aromatic rings. The molecule has 0 atom stereocenters. The van der Waals surface area contributed by atoms with Crippen LogP contribution in [0.25, 0.3) is 0 Å². The Bertz CT molecular complexity index is 1010. The van der Waals surface area contributed by atoms with Crippen LogP contribution >= 0.6 is 0 Å². The minimum atomic E-state index is -3.57. The summed E-state index contributed by atoms with van der Waals surface area (Å²) in [6.45, 7) is 1.05. The molecule has 1 amide bonds. The van der Waals surface area contributed by atoms with Gasteiger partial charge in [0.2, 0.25) is 15.9 Å². The highest BCUT2D eigenvalue weighted by Gasteiger charge is 2.29. The third-order valence-electron chi connectivity index (χ3n) is 6.30. The minimum absolute atomic E-state index is 0.0517. The van der Waals surface area contributed by atoms with Crippen molar-refractivity contribution in [2.75, 3.05) is 13.7 Å². The van der Waals surface area contributed by atoms with Crippen LogP contribution in [0, 0.1) is 5.92 Å². The molecule has 2 saturated carbocycles. The minimum Gasteiger partial charge on any atom is -0.477 e. The van der Waals surface area contributed by atoms with E-state index in [0.29, 0.717) is 30.5 Å². The van der Waals surface area contributed by atoms with Crippen LogP contribution in [0.2, 0.25) is 0 Å². The van der Waals surface area contributed by atoms with Crippen molar-refractivity contribution in [3.63, 3.8) is 0 Å². The largest absolute Gasteiger partial charge is 0.477 e. The molecule has 7 nitrogen and oxygen atoms in total. The molecule has 4 rings (SSSR count). The fourth-order valence-electron chi connectivity index (χ4n) is 3.96. The van der Waals surface area contributed by atoms with Gasteiger partial charge in [0.15, 0.2) is 0 Å². The molecular formula is C24H31N3O4S. The van der Waals surface area contributed by atoms with E-state index in [1.54, 1.807) is 25.4 Å². The standard InChI is InChI=1S/C24H31N3O4S/c1-27(21-5-3-2-4-6-21)32(29,30)22-12-10-20(11-13-22)24(28)26-16-19-9-14-23(25-15-19)31-17-18-7-8-18/h9-15,18,21H,2-8,16-17H2,1H3,(H,26,28). The van der Waals surface area contributed by atoms with Gasteiger partial charge in [-0.05, 0) is 61.4 Å². The van der Waals surface area contributed by atoms with Gasteiger partial charge >= 0.3 is 0 Å². The van der Waals surface area contributed by atoms with Crippen LogP contribution in [0.15, 0.2) is 47.5 Å². The van der Waals surface area contributed by atoms with Crippen LogP contribution in [0.3, 0.4) is 0 Å². The summed E-state index contributed by atoms with van der Waals surface area (Å²) in [6, 6.07) is 9.89. The van der Waals surface area contributed by atoms with E-state index in [1.165, 1.54) is 35.7 Å². The highest BCUT2D eigenvalue weighted by atomic mass is 32.2. The number of nitrogens with one attached hydrogen (secondary N) is 1. The van der Waals surface area contributed by atoms with Crippen LogP contribution in [0.5, 0.6) is 5.88 Å². The third kappa shape index (κ3) is 5.66. The topological polar surface area (TPSA) is 88.6 Å². The molecule has 1 N–H and O–H groups in total. The van der Waals surface area contributed by atoms with E-state index in [1.807, 2.05) is 12.1 Å². The molecular weight excluding hydrogens is 426 g/mol. The summed E-state index contributed by atoms with van der Waals surface area (Å²) in [5, 5.41) is 2.85. The molecule has 8 heteroatoms. The Balaban J connectivity index is 1.31. The number of amides is 1. The van der Waals surface area contributed by atoms with Crippen molar-refractivity contribution in [2.24, 2.45) is 5.92 Å². The van der Waals surface area contributed by atoms with Crippen LogP contribution < -0.4 is 10.1 Å². The number of hydrogen-bond acceptors (Lipinski definition) is 5. The molecule has 172 valence electrons. The zero-order valence-corrected chi connectivity index (χ0v) is 19.3. The number of carbonyl (C=O) groups excluding carboxylic acids is 1. The second kappa shape index (κ2) is 10.0. The van der Waals surface area contributed by atoms with Gasteiger partial charge in [0.1, 0.15) is 0 Å². The highest BCUT2D eigenvalue weighted by Crippen LogP contribution is 2.29. The number of aromatic nitrogens is 1. The summed E-state index contributed by atoms with van der Waals surface area (Å²) in [5.41, 5.74) is 1.28. The number of benzene rings is 1. The van der Waals surface area contributed by atoms with E-state index in [9.17, 15) is 13.2 Å². The van der Waals surface area contributed by atoms with Crippen molar-refractivity contribution in [1.29, 1.82) is 0 Å². The fourth-order valence-corrected chi connectivity index (χ4v) is 5.37. The SMILES string of the molecule is CN(C1CCCCC1)S(=O)(=O)c1ccc(C(=O)NCc2ccc(OCC3CC3)nc2)cc1. The van der Waals surface area contributed by atoms with Crippen molar-refractivity contribution in [2.45, 2.75) is 62.4 Å². The first-order chi connectivity index (χ1) is 15.4. The second-order valence-electron chi connectivity index (χ2n) is 8.78. The highest BCUT2D eigenvalue weighted by molar-refractivity contribution is 7.89. The molecule has 0 unspecified atom stereocenters. The molecule has 32 heavy (non-hydrogen) atoms. The number of sulfonamides is 1. The van der Waals surface area contributed by atoms with Crippen molar-refractivity contribution in [1.82, 2.24) is 14.6 Å². The first kappa shape index (κ1) is 22.7. The normalized spacial score (nSPS) is 17.3. The van der Waals surface area contributed by atoms with Gasteiger partial charge in [-0.25, -0.2) is 13.4 Å². The molecule has 0 aliphatic heterocycles. The van der Waals surface area contributed by atoms with Crippen molar-refractivity contribution < 1.29 is 17.9 Å². The number of carbonyl (C=O) groups is 1. The lowest BCUT2D eigenvalue weighted by atomic mass is 9.96. The average Bonchev–Trinajstić information content (AvgIpc) is 3.66. The van der Waals surface area contributed by atoms with Gasteiger partial charge in [0, 0.05) is 37.5 Å². The zero-order valence-electron chi connectivity index (χ0n) is 18.5. The Morgan fingerprint density at radius 1 is 1.06 bits per heavy atom. The van der Waals surface area contributed by atoms with E-state index in [-0.39, 0.29) is 16.8 Å². The zero-order chi connectivity index (χ0) is 22.6. The summed E-state index contributed by atoms with van der Waals surface area (Å²) in [7, 11) is -1.91.